The lowest BCUT2D eigenvalue weighted by Crippen LogP contribution is -2.18. The highest BCUT2D eigenvalue weighted by molar-refractivity contribution is 5.17. The van der Waals surface area contributed by atoms with E-state index in [0.29, 0.717) is 0 Å². The van der Waals surface area contributed by atoms with Crippen molar-refractivity contribution >= 4 is 0 Å². The lowest BCUT2D eigenvalue weighted by atomic mass is 9.91. The van der Waals surface area contributed by atoms with Gasteiger partial charge in [-0.3, -0.25) is 0 Å². The fraction of sp³-hybridized carbons (Fsp3) is 0.571. The van der Waals surface area contributed by atoms with Crippen LogP contribution in [-0.4, -0.2) is 5.38 Å². The van der Waals surface area contributed by atoms with E-state index in [-0.39, 0.29) is 0 Å². The molecule has 0 nitrogen and oxygen atoms in total. The standard InChI is InChI=1S/C14H20Cl/c1-11-3-7-13(8-4-11)15-14-9-5-12(2)6-10-14/h3-4,7-8,12,14H,5-6,9-10H2,1-2H3/q+1. The highest BCUT2D eigenvalue weighted by Crippen LogP contribution is 2.27. The molecule has 0 amide bonds. The fourth-order valence-corrected chi connectivity index (χ4v) is 3.21. The second-order valence-corrected chi connectivity index (χ2v) is 6.03. The van der Waals surface area contributed by atoms with Gasteiger partial charge in [0.2, 0.25) is 5.02 Å². The van der Waals surface area contributed by atoms with Gasteiger partial charge in [-0.05, 0) is 25.7 Å². The summed E-state index contributed by atoms with van der Waals surface area (Å²) < 4.78 is 0. The molecular weight excluding hydrogens is 204 g/mol. The number of hydrogen-bond acceptors (Lipinski definition) is 0. The van der Waals surface area contributed by atoms with Gasteiger partial charge in [-0.2, -0.15) is 0 Å². The van der Waals surface area contributed by atoms with Crippen LogP contribution in [0, 0.1) is 23.6 Å². The summed E-state index contributed by atoms with van der Waals surface area (Å²) in [6.07, 6.45) is 5.57. The van der Waals surface area contributed by atoms with E-state index in [1.54, 1.807) is 0 Å². The molecule has 1 aliphatic carbocycles. The topological polar surface area (TPSA) is 0 Å². The van der Waals surface area contributed by atoms with E-state index < -0.39 is 0 Å². The van der Waals surface area contributed by atoms with Gasteiger partial charge in [0.25, 0.3) is 0 Å². The number of rotatable bonds is 2. The van der Waals surface area contributed by atoms with E-state index in [1.165, 1.54) is 36.3 Å². The lowest BCUT2D eigenvalue weighted by Gasteiger charge is -2.18. The van der Waals surface area contributed by atoms with E-state index in [4.69, 9.17) is 0 Å². The van der Waals surface area contributed by atoms with Crippen molar-refractivity contribution in [3.63, 3.8) is 0 Å². The van der Waals surface area contributed by atoms with Gasteiger partial charge >= 0.3 is 0 Å². The maximum atomic E-state index is 2.59. The first kappa shape index (κ1) is 11.0. The predicted molar refractivity (Wildman–Crippen MR) is 61.8 cm³/mol. The van der Waals surface area contributed by atoms with E-state index in [1.807, 2.05) is 0 Å². The Morgan fingerprint density at radius 3 is 2.20 bits per heavy atom. The van der Waals surface area contributed by atoms with E-state index in [0.717, 1.165) is 11.3 Å². The number of hydrogen-bond donors (Lipinski definition) is 0. The molecular formula is C14H20Cl+. The Morgan fingerprint density at radius 2 is 1.60 bits per heavy atom. The normalized spacial score (nSPS) is 26.5. The molecule has 0 saturated heterocycles. The molecule has 1 aromatic carbocycles. The van der Waals surface area contributed by atoms with Crippen LogP contribution in [0.5, 0.6) is 0 Å². The minimum absolute atomic E-state index is 0.809. The summed E-state index contributed by atoms with van der Waals surface area (Å²) in [5.41, 5.74) is 1.35. The van der Waals surface area contributed by atoms with Crippen LogP contribution >= 0.6 is 0 Å². The van der Waals surface area contributed by atoms with Gasteiger partial charge in [0.15, 0.2) is 16.2 Å². The minimum Gasteiger partial charge on any atom is -0.0625 e. The minimum atomic E-state index is 0.809. The highest BCUT2D eigenvalue weighted by atomic mass is 35.5. The first-order valence-corrected chi connectivity index (χ1v) is 6.75. The Labute approximate surface area is 96.8 Å². The molecule has 0 aromatic heterocycles. The van der Waals surface area contributed by atoms with Crippen molar-refractivity contribution in [2.45, 2.75) is 44.9 Å². The van der Waals surface area contributed by atoms with Crippen LogP contribution < -0.4 is 0 Å². The third-order valence-corrected chi connectivity index (χ3v) is 4.49. The van der Waals surface area contributed by atoms with Crippen molar-refractivity contribution in [2.75, 3.05) is 0 Å². The molecule has 1 saturated carbocycles. The van der Waals surface area contributed by atoms with Crippen LogP contribution in [0.15, 0.2) is 24.3 Å². The zero-order chi connectivity index (χ0) is 10.7. The van der Waals surface area contributed by atoms with Gasteiger partial charge in [-0.15, -0.1) is 0 Å². The average molecular weight is 224 g/mol. The molecule has 0 heterocycles. The van der Waals surface area contributed by atoms with Crippen molar-refractivity contribution in [3.8, 4) is 0 Å². The molecule has 1 heteroatoms. The van der Waals surface area contributed by atoms with Gasteiger partial charge < -0.3 is 0 Å². The second-order valence-electron chi connectivity index (χ2n) is 4.76. The van der Waals surface area contributed by atoms with Crippen LogP contribution in [0.1, 0.15) is 38.2 Å². The third-order valence-electron chi connectivity index (χ3n) is 3.24. The number of halogens is 1. The van der Waals surface area contributed by atoms with Crippen molar-refractivity contribution in [2.24, 2.45) is 5.92 Å². The Bertz CT molecular complexity index is 294. The van der Waals surface area contributed by atoms with E-state index in [9.17, 15) is 0 Å². The van der Waals surface area contributed by atoms with Crippen molar-refractivity contribution in [1.82, 2.24) is 0 Å². The van der Waals surface area contributed by atoms with Crippen LogP contribution in [0.25, 0.3) is 0 Å². The predicted octanol–water partition coefficient (Wildman–Crippen LogP) is 4.07. The summed E-state index contributed by atoms with van der Waals surface area (Å²) in [6, 6.07) is 8.88. The molecule has 0 atom stereocenters. The van der Waals surface area contributed by atoms with Gasteiger partial charge in [0.05, 0.1) is 0 Å². The summed E-state index contributed by atoms with van der Waals surface area (Å²) in [7, 11) is 2.59. The molecule has 2 rings (SSSR count). The molecule has 1 aliphatic rings. The Hall–Kier alpha value is -0.490. The summed E-state index contributed by atoms with van der Waals surface area (Å²) in [4.78, 5) is 0. The molecule has 1 aromatic rings. The van der Waals surface area contributed by atoms with Gasteiger partial charge in [0, 0.05) is 25.0 Å². The average Bonchev–Trinajstić information content (AvgIpc) is 2.25. The second kappa shape index (κ2) is 5.03. The molecule has 0 N–H and O–H groups in total. The Morgan fingerprint density at radius 1 is 1.00 bits per heavy atom. The van der Waals surface area contributed by atoms with Crippen LogP contribution in [0.3, 0.4) is 0 Å². The molecule has 15 heavy (non-hydrogen) atoms. The highest BCUT2D eigenvalue weighted by Gasteiger charge is 2.28. The lowest BCUT2D eigenvalue weighted by molar-refractivity contribution is -0.638. The molecule has 82 valence electrons. The number of aryl methyl sites for hydroxylation is 1. The maximum absolute atomic E-state index is 2.59. The summed E-state index contributed by atoms with van der Waals surface area (Å²) >= 11 is 0. The van der Waals surface area contributed by atoms with Crippen LogP contribution in [-0.2, 0) is 0 Å². The van der Waals surface area contributed by atoms with Crippen molar-refractivity contribution < 1.29 is 10.8 Å². The molecule has 0 radical (unpaired) electrons. The Kier molecular flexibility index (Phi) is 3.69. The fourth-order valence-electron chi connectivity index (χ4n) is 2.11. The Balaban J connectivity index is 1.89. The molecule has 0 bridgehead atoms. The zero-order valence-corrected chi connectivity index (χ0v) is 10.4. The third kappa shape index (κ3) is 3.24. The number of alkyl halides is 1. The van der Waals surface area contributed by atoms with Crippen LogP contribution in [0.2, 0.25) is 5.02 Å². The first-order chi connectivity index (χ1) is 7.24. The number of benzene rings is 1. The smallest absolute Gasteiger partial charge is 0.0625 e. The zero-order valence-electron chi connectivity index (χ0n) is 9.67. The van der Waals surface area contributed by atoms with Crippen molar-refractivity contribution in [1.29, 1.82) is 0 Å². The molecule has 0 spiro atoms. The summed E-state index contributed by atoms with van der Waals surface area (Å²) in [5, 5.41) is 2.20. The summed E-state index contributed by atoms with van der Waals surface area (Å²) in [5.74, 6) is 0.949. The van der Waals surface area contributed by atoms with Gasteiger partial charge in [-0.25, -0.2) is 0 Å². The molecule has 1 fully saturated rings. The van der Waals surface area contributed by atoms with Crippen molar-refractivity contribution in [3.05, 3.63) is 34.9 Å². The maximum Gasteiger partial charge on any atom is 0.228 e. The first-order valence-electron chi connectivity index (χ1n) is 5.94. The van der Waals surface area contributed by atoms with Gasteiger partial charge in [0.1, 0.15) is 0 Å². The van der Waals surface area contributed by atoms with Crippen LogP contribution in [0.4, 0.5) is 0 Å². The van der Waals surface area contributed by atoms with E-state index >= 15 is 0 Å². The molecule has 0 unspecified atom stereocenters. The monoisotopic (exact) mass is 223 g/mol. The largest absolute Gasteiger partial charge is 0.228 e. The van der Waals surface area contributed by atoms with E-state index in [2.05, 4.69) is 48.9 Å². The quantitative estimate of drug-likeness (QED) is 0.663. The summed E-state index contributed by atoms with van der Waals surface area (Å²) in [6.45, 7) is 4.52. The molecule has 0 aliphatic heterocycles. The van der Waals surface area contributed by atoms with Gasteiger partial charge in [-0.1, -0.05) is 24.6 Å². The SMILES string of the molecule is Cc1ccc([Cl+]C2CCC(C)CC2)cc1.